The van der Waals surface area contributed by atoms with E-state index in [0.29, 0.717) is 31.9 Å². The summed E-state index contributed by atoms with van der Waals surface area (Å²) in [4.78, 5) is 22.8. The van der Waals surface area contributed by atoms with Crippen LogP contribution in [0.3, 0.4) is 0 Å². The number of H-pyrrole nitrogens is 1. The van der Waals surface area contributed by atoms with Crippen molar-refractivity contribution in [1.29, 1.82) is 0 Å². The Morgan fingerprint density at radius 3 is 3.00 bits per heavy atom. The maximum atomic E-state index is 12.3. The molecule has 2 aliphatic heterocycles. The maximum Gasteiger partial charge on any atom is 0.271 e. The van der Waals surface area contributed by atoms with Crippen LogP contribution in [0.15, 0.2) is 65.7 Å². The van der Waals surface area contributed by atoms with E-state index in [1.54, 1.807) is 17.5 Å². The molecule has 6 rings (SSSR count). The molecule has 0 bridgehead atoms. The number of fused-ring (bicyclic) bond motifs is 2. The van der Waals surface area contributed by atoms with E-state index in [-0.39, 0.29) is 11.7 Å². The van der Waals surface area contributed by atoms with E-state index in [1.165, 1.54) is 4.88 Å². The summed E-state index contributed by atoms with van der Waals surface area (Å²) in [5.74, 6) is 1.74. The number of aromatic nitrogens is 2. The lowest BCUT2D eigenvalue weighted by Gasteiger charge is -2.35. The normalized spacial score (nSPS) is 16.8. The van der Waals surface area contributed by atoms with Gasteiger partial charge in [-0.3, -0.25) is 4.79 Å². The molecule has 2 N–H and O–H groups in total. The summed E-state index contributed by atoms with van der Waals surface area (Å²) < 4.78 is 12.6. The number of anilines is 2. The van der Waals surface area contributed by atoms with E-state index < -0.39 is 0 Å². The monoisotopic (exact) mass is 486 g/mol. The van der Waals surface area contributed by atoms with Crippen molar-refractivity contribution in [1.82, 2.24) is 9.97 Å². The van der Waals surface area contributed by atoms with E-state index >= 15 is 0 Å². The molecule has 8 heteroatoms. The molecule has 4 heterocycles. The number of para-hydroxylation sites is 1. The van der Waals surface area contributed by atoms with Crippen molar-refractivity contribution >= 4 is 22.7 Å². The minimum absolute atomic E-state index is 0.0807. The molecule has 0 radical (unpaired) electrons. The number of nitrogens with zero attached hydrogens (tertiary/aromatic N) is 2. The average molecular weight is 487 g/mol. The highest BCUT2D eigenvalue weighted by Gasteiger charge is 2.29. The van der Waals surface area contributed by atoms with Crippen molar-refractivity contribution in [2.75, 3.05) is 29.9 Å². The molecule has 178 valence electrons. The summed E-state index contributed by atoms with van der Waals surface area (Å²) in [7, 11) is 0. The third-order valence-electron chi connectivity index (χ3n) is 6.44. The molecule has 0 saturated carbocycles. The fourth-order valence-corrected chi connectivity index (χ4v) is 5.47. The molecule has 2 aromatic heterocycles. The predicted octanol–water partition coefficient (Wildman–Crippen LogP) is 5.03. The van der Waals surface area contributed by atoms with Crippen molar-refractivity contribution in [3.05, 3.63) is 97.9 Å². The van der Waals surface area contributed by atoms with E-state index in [4.69, 9.17) is 9.47 Å². The third-order valence-corrected chi connectivity index (χ3v) is 7.36. The smallest absolute Gasteiger partial charge is 0.271 e. The number of ether oxygens (including phenoxy) is 2. The Hall–Kier alpha value is -3.62. The fraction of sp³-hybridized carbons (Fsp3) is 0.259. The Labute approximate surface area is 207 Å². The van der Waals surface area contributed by atoms with Crippen LogP contribution in [0.1, 0.15) is 32.7 Å². The van der Waals surface area contributed by atoms with E-state index in [0.717, 1.165) is 45.3 Å². The van der Waals surface area contributed by atoms with E-state index in [2.05, 4.69) is 51.4 Å². The van der Waals surface area contributed by atoms with Crippen LogP contribution in [0.2, 0.25) is 0 Å². The number of rotatable bonds is 5. The van der Waals surface area contributed by atoms with Crippen LogP contribution in [0, 0.1) is 6.92 Å². The molecule has 35 heavy (non-hydrogen) atoms. The fourth-order valence-electron chi connectivity index (χ4n) is 4.74. The Balaban J connectivity index is 1.22. The Morgan fingerprint density at radius 1 is 1.20 bits per heavy atom. The highest BCUT2D eigenvalue weighted by molar-refractivity contribution is 7.11. The van der Waals surface area contributed by atoms with E-state index in [9.17, 15) is 4.79 Å². The van der Waals surface area contributed by atoms with Crippen LogP contribution in [0.5, 0.6) is 11.5 Å². The van der Waals surface area contributed by atoms with Crippen LogP contribution >= 0.6 is 11.3 Å². The van der Waals surface area contributed by atoms with E-state index in [1.807, 2.05) is 30.5 Å². The lowest BCUT2D eigenvalue weighted by molar-refractivity contribution is 0.0383. The zero-order valence-corrected chi connectivity index (χ0v) is 20.2. The SMILES string of the molecule is Cc1cnc(CNc2ccc3c(c2)Cc2cccc(C4CN(c5ccc[nH]c5=O)CCO4)c2O3)s1. The number of benzene rings is 2. The lowest BCUT2D eigenvalue weighted by atomic mass is 9.95. The summed E-state index contributed by atoms with van der Waals surface area (Å²) in [6, 6.07) is 16.2. The van der Waals surface area contributed by atoms with Gasteiger partial charge in [0.1, 0.15) is 28.3 Å². The van der Waals surface area contributed by atoms with Crippen LogP contribution in [-0.2, 0) is 17.7 Å². The molecular weight excluding hydrogens is 460 g/mol. The number of nitrogens with one attached hydrogen (secondary N) is 2. The largest absolute Gasteiger partial charge is 0.456 e. The zero-order chi connectivity index (χ0) is 23.8. The van der Waals surface area contributed by atoms with Gasteiger partial charge in [-0.05, 0) is 42.8 Å². The first-order chi connectivity index (χ1) is 17.1. The first-order valence-electron chi connectivity index (χ1n) is 11.8. The maximum absolute atomic E-state index is 12.3. The van der Waals surface area contributed by atoms with Gasteiger partial charge in [0.25, 0.3) is 5.56 Å². The van der Waals surface area contributed by atoms with Gasteiger partial charge in [-0.2, -0.15) is 0 Å². The van der Waals surface area contributed by atoms with Gasteiger partial charge in [-0.1, -0.05) is 18.2 Å². The molecule has 2 aromatic carbocycles. The van der Waals surface area contributed by atoms with Gasteiger partial charge in [0.15, 0.2) is 0 Å². The molecule has 1 atom stereocenters. The highest BCUT2D eigenvalue weighted by atomic mass is 32.1. The van der Waals surface area contributed by atoms with Crippen LogP contribution < -0.4 is 20.5 Å². The average Bonchev–Trinajstić information content (AvgIpc) is 3.31. The number of hydrogen-bond acceptors (Lipinski definition) is 7. The molecule has 0 aliphatic carbocycles. The van der Waals surface area contributed by atoms with Gasteiger partial charge in [0.2, 0.25) is 0 Å². The predicted molar refractivity (Wildman–Crippen MR) is 138 cm³/mol. The number of aromatic amines is 1. The summed E-state index contributed by atoms with van der Waals surface area (Å²) >= 11 is 1.71. The van der Waals surface area contributed by atoms with Crippen molar-refractivity contribution in [3.8, 4) is 11.5 Å². The molecule has 1 fully saturated rings. The second-order valence-electron chi connectivity index (χ2n) is 8.84. The van der Waals surface area contributed by atoms with Crippen molar-refractivity contribution < 1.29 is 9.47 Å². The summed E-state index contributed by atoms with van der Waals surface area (Å²) in [5, 5.41) is 4.55. The van der Waals surface area contributed by atoms with Gasteiger partial charge in [0.05, 0.1) is 13.2 Å². The molecular formula is C27H26N4O3S. The van der Waals surface area contributed by atoms with Crippen LogP contribution in [-0.4, -0.2) is 29.7 Å². The topological polar surface area (TPSA) is 79.5 Å². The second-order valence-corrected chi connectivity index (χ2v) is 10.2. The van der Waals surface area contributed by atoms with Gasteiger partial charge in [-0.25, -0.2) is 4.98 Å². The van der Waals surface area contributed by atoms with Crippen molar-refractivity contribution in [2.24, 2.45) is 0 Å². The summed E-state index contributed by atoms with van der Waals surface area (Å²) in [6.07, 6.45) is 4.18. The van der Waals surface area contributed by atoms with Gasteiger partial charge in [0, 0.05) is 53.6 Å². The molecule has 1 unspecified atom stereocenters. The Kier molecular flexibility index (Phi) is 5.75. The highest BCUT2D eigenvalue weighted by Crippen LogP contribution is 2.43. The standard InChI is InChI=1S/C27H26N4O3S/c1-17-14-30-25(35-17)15-29-20-7-8-23-19(13-20)12-18-4-2-5-21(26(18)34-23)24-16-31(10-11-33-24)22-6-3-9-28-27(22)32/h2-9,13-14,24,29H,10-12,15-16H2,1H3,(H,28,32). The minimum Gasteiger partial charge on any atom is -0.456 e. The van der Waals surface area contributed by atoms with Crippen molar-refractivity contribution in [2.45, 2.75) is 26.0 Å². The van der Waals surface area contributed by atoms with Gasteiger partial charge < -0.3 is 24.7 Å². The molecule has 2 aliphatic rings. The molecule has 4 aromatic rings. The van der Waals surface area contributed by atoms with Gasteiger partial charge in [-0.15, -0.1) is 11.3 Å². The molecule has 0 amide bonds. The number of aryl methyl sites for hydroxylation is 1. The molecule has 0 spiro atoms. The number of pyridine rings is 1. The Bertz CT molecular complexity index is 1430. The summed E-state index contributed by atoms with van der Waals surface area (Å²) in [6.45, 7) is 4.60. The van der Waals surface area contributed by atoms with Gasteiger partial charge >= 0.3 is 0 Å². The van der Waals surface area contributed by atoms with Crippen LogP contribution in [0.25, 0.3) is 0 Å². The molecule has 1 saturated heterocycles. The quantitative estimate of drug-likeness (QED) is 0.363. The van der Waals surface area contributed by atoms with Crippen molar-refractivity contribution in [3.63, 3.8) is 0 Å². The lowest BCUT2D eigenvalue weighted by Crippen LogP contribution is -2.41. The first-order valence-corrected chi connectivity index (χ1v) is 12.6. The zero-order valence-electron chi connectivity index (χ0n) is 19.4. The third kappa shape index (κ3) is 4.42. The number of thiazole rings is 1. The number of hydrogen-bond donors (Lipinski definition) is 2. The van der Waals surface area contributed by atoms with Crippen LogP contribution in [0.4, 0.5) is 11.4 Å². The Morgan fingerprint density at radius 2 is 2.14 bits per heavy atom. The summed E-state index contributed by atoms with van der Waals surface area (Å²) in [5.41, 5.74) is 4.95. The minimum atomic E-state index is -0.178. The number of morpholine rings is 1. The first kappa shape index (κ1) is 21.9. The second kappa shape index (κ2) is 9.20. The molecule has 7 nitrogen and oxygen atoms in total.